The first-order chi connectivity index (χ1) is 6.41. The molecule has 0 unspecified atom stereocenters. The molecule has 1 saturated carbocycles. The topological polar surface area (TPSA) is 0 Å². The predicted octanol–water partition coefficient (Wildman–Crippen LogP) is 3.52. The van der Waals surface area contributed by atoms with Crippen LogP contribution in [0.4, 0.5) is 0 Å². The Morgan fingerprint density at radius 1 is 0.846 bits per heavy atom. The smallest absolute Gasteiger partial charge is 0.0105 e. The van der Waals surface area contributed by atoms with Crippen LogP contribution in [0.1, 0.15) is 38.5 Å². The van der Waals surface area contributed by atoms with Crippen molar-refractivity contribution in [2.75, 3.05) is 0 Å². The van der Waals surface area contributed by atoms with Crippen molar-refractivity contribution in [3.8, 4) is 0 Å². The molecule has 1 fully saturated rings. The van der Waals surface area contributed by atoms with Crippen LogP contribution in [0, 0.1) is 5.41 Å². The van der Waals surface area contributed by atoms with Gasteiger partial charge >= 0.3 is 0 Å². The lowest BCUT2D eigenvalue weighted by molar-refractivity contribution is 0.305. The Morgan fingerprint density at radius 2 is 1.38 bits per heavy atom. The van der Waals surface area contributed by atoms with Crippen molar-refractivity contribution in [2.45, 2.75) is 38.5 Å². The molecule has 0 N–H and O–H groups in total. The first-order valence-electron chi connectivity index (χ1n) is 5.06. The van der Waals surface area contributed by atoms with E-state index in [1.165, 1.54) is 25.7 Å². The molecule has 0 aromatic carbocycles. The average Bonchev–Trinajstić information content (AvgIpc) is 2.62. The third-order valence-corrected chi connectivity index (χ3v) is 3.15. The Labute approximate surface area is 79.7 Å². The quantitative estimate of drug-likeness (QED) is 0.488. The molecule has 0 aromatic rings. The van der Waals surface area contributed by atoms with Crippen molar-refractivity contribution in [1.82, 2.24) is 0 Å². The fraction of sp³-hybridized carbons (Fsp3) is 0.538. The van der Waals surface area contributed by atoms with Gasteiger partial charge in [0.15, 0.2) is 0 Å². The van der Waals surface area contributed by atoms with Crippen molar-refractivity contribution in [3.05, 3.63) is 35.1 Å². The van der Waals surface area contributed by atoms with Crippen molar-refractivity contribution in [3.63, 3.8) is 0 Å². The van der Waals surface area contributed by atoms with E-state index in [1.807, 2.05) is 0 Å². The van der Waals surface area contributed by atoms with Gasteiger partial charge in [0.05, 0.1) is 0 Å². The molecule has 2 rings (SSSR count). The van der Waals surface area contributed by atoms with Gasteiger partial charge in [0, 0.05) is 0 Å². The van der Waals surface area contributed by atoms with Gasteiger partial charge in [-0.25, -0.2) is 0 Å². The minimum atomic E-state index is 0.522. The molecule has 0 saturated heterocycles. The summed E-state index contributed by atoms with van der Waals surface area (Å²) in [5.74, 6) is 0. The summed E-state index contributed by atoms with van der Waals surface area (Å²) in [5.41, 5.74) is 12.2. The van der Waals surface area contributed by atoms with Gasteiger partial charge in [-0.3, -0.25) is 0 Å². The predicted molar refractivity (Wildman–Crippen MR) is 53.3 cm³/mol. The number of hydrogen-bond acceptors (Lipinski definition) is 0. The normalized spacial score (nSPS) is 23.4. The van der Waals surface area contributed by atoms with Crippen LogP contribution in [-0.4, -0.2) is 0 Å². The summed E-state index contributed by atoms with van der Waals surface area (Å²) in [6.07, 6.45) is 12.0. The maximum Gasteiger partial charge on any atom is -0.0105 e. The molecule has 1 spiro atoms. The monoisotopic (exact) mass is 170 g/mol. The fourth-order valence-electron chi connectivity index (χ4n) is 2.33. The summed E-state index contributed by atoms with van der Waals surface area (Å²) in [4.78, 5) is 0. The highest BCUT2D eigenvalue weighted by atomic mass is 14.4. The van der Waals surface area contributed by atoms with Crippen LogP contribution in [0.2, 0.25) is 0 Å². The van der Waals surface area contributed by atoms with E-state index >= 15 is 0 Å². The Morgan fingerprint density at radius 3 is 1.92 bits per heavy atom. The lowest BCUT2D eigenvalue weighted by atomic mass is 9.79. The van der Waals surface area contributed by atoms with Crippen molar-refractivity contribution in [1.29, 1.82) is 0 Å². The Kier molecular flexibility index (Phi) is 2.42. The Balaban J connectivity index is 2.28. The molecule has 0 heteroatoms. The number of hydrogen-bond donors (Lipinski definition) is 0. The van der Waals surface area contributed by atoms with E-state index in [-0.39, 0.29) is 0 Å². The van der Waals surface area contributed by atoms with Crippen molar-refractivity contribution in [2.24, 2.45) is 5.41 Å². The lowest BCUT2D eigenvalue weighted by Gasteiger charge is -2.25. The summed E-state index contributed by atoms with van der Waals surface area (Å²) in [5, 5.41) is 0. The van der Waals surface area contributed by atoms with Gasteiger partial charge < -0.3 is 0 Å². The molecule has 0 amide bonds. The zero-order chi connectivity index (χ0) is 8.99. The standard InChI is InChI=1S/C13H14/c1-2-4-6-10-13(9-5-3-1)11-7-8-12-13/h5-6H,7-12H2. The number of allylic oxidation sites excluding steroid dienone is 2. The fourth-order valence-corrected chi connectivity index (χ4v) is 2.33. The second-order valence-electron chi connectivity index (χ2n) is 4.06. The molecule has 0 heterocycles. The highest BCUT2D eigenvalue weighted by molar-refractivity contribution is 5.00. The van der Waals surface area contributed by atoms with E-state index in [4.69, 9.17) is 0 Å². The molecule has 0 atom stereocenters. The van der Waals surface area contributed by atoms with E-state index in [0.29, 0.717) is 5.41 Å². The zero-order valence-corrected chi connectivity index (χ0v) is 7.90. The minimum absolute atomic E-state index is 0.522. The van der Waals surface area contributed by atoms with Gasteiger partial charge in [-0.15, -0.1) is 0 Å². The summed E-state index contributed by atoms with van der Waals surface area (Å²) in [6.45, 7) is 0. The van der Waals surface area contributed by atoms with Crippen LogP contribution in [-0.2, 0) is 0 Å². The second-order valence-corrected chi connectivity index (χ2v) is 4.06. The molecule has 0 bridgehead atoms. The first-order valence-corrected chi connectivity index (χ1v) is 5.06. The summed E-state index contributed by atoms with van der Waals surface area (Å²) >= 11 is 0. The average molecular weight is 170 g/mol. The van der Waals surface area contributed by atoms with Crippen LogP contribution in [0.25, 0.3) is 0 Å². The van der Waals surface area contributed by atoms with Crippen LogP contribution >= 0.6 is 0 Å². The maximum atomic E-state index is 3.01. The summed E-state index contributed by atoms with van der Waals surface area (Å²) in [6, 6.07) is 0. The van der Waals surface area contributed by atoms with Gasteiger partial charge in [0.25, 0.3) is 0 Å². The van der Waals surface area contributed by atoms with E-state index in [0.717, 1.165) is 12.8 Å². The van der Waals surface area contributed by atoms with Gasteiger partial charge in [-0.1, -0.05) is 24.3 Å². The second kappa shape index (κ2) is 3.71. The highest BCUT2D eigenvalue weighted by Gasteiger charge is 2.31. The molecule has 0 radical (unpaired) electrons. The van der Waals surface area contributed by atoms with Crippen LogP contribution in [0.15, 0.2) is 35.1 Å². The summed E-state index contributed by atoms with van der Waals surface area (Å²) < 4.78 is 0. The molecule has 13 heavy (non-hydrogen) atoms. The highest BCUT2D eigenvalue weighted by Crippen LogP contribution is 2.44. The Bertz CT molecular complexity index is 311. The molecule has 2 aliphatic rings. The lowest BCUT2D eigenvalue weighted by Crippen LogP contribution is -2.13. The first kappa shape index (κ1) is 8.46. The van der Waals surface area contributed by atoms with E-state index in [9.17, 15) is 0 Å². The van der Waals surface area contributed by atoms with Crippen molar-refractivity contribution < 1.29 is 0 Å². The van der Waals surface area contributed by atoms with Crippen molar-refractivity contribution >= 4 is 0 Å². The van der Waals surface area contributed by atoms with Crippen LogP contribution in [0.5, 0.6) is 0 Å². The zero-order valence-electron chi connectivity index (χ0n) is 7.90. The molecule has 0 nitrogen and oxygen atoms in total. The molecular formula is C13H14. The Hall–Kier alpha value is -1.14. The van der Waals surface area contributed by atoms with E-state index in [1.54, 1.807) is 0 Å². The van der Waals surface area contributed by atoms with Gasteiger partial charge in [0.1, 0.15) is 0 Å². The minimum Gasteiger partial charge on any atom is -0.0652 e. The van der Waals surface area contributed by atoms with E-state index in [2.05, 4.69) is 35.1 Å². The van der Waals surface area contributed by atoms with Crippen LogP contribution < -0.4 is 0 Å². The molecular weight excluding hydrogens is 156 g/mol. The molecule has 66 valence electrons. The van der Waals surface area contributed by atoms with E-state index < -0.39 is 0 Å². The van der Waals surface area contributed by atoms with Gasteiger partial charge in [0.2, 0.25) is 0 Å². The third kappa shape index (κ3) is 1.96. The third-order valence-electron chi connectivity index (χ3n) is 3.15. The maximum absolute atomic E-state index is 3.01. The number of rotatable bonds is 0. The SMILES string of the molecule is C1=C=C=CCC2(CC=C=1)CCCC2. The van der Waals surface area contributed by atoms with Gasteiger partial charge in [-0.2, -0.15) is 0 Å². The largest absolute Gasteiger partial charge is 0.0652 e. The van der Waals surface area contributed by atoms with Gasteiger partial charge in [-0.05, 0) is 54.7 Å². The summed E-state index contributed by atoms with van der Waals surface area (Å²) in [7, 11) is 0. The molecule has 2 aliphatic carbocycles. The molecule has 0 aliphatic heterocycles. The van der Waals surface area contributed by atoms with Crippen LogP contribution in [0.3, 0.4) is 0 Å². The molecule has 0 aromatic heterocycles.